The summed E-state index contributed by atoms with van der Waals surface area (Å²) in [6.07, 6.45) is 0.819. The Labute approximate surface area is 250 Å². The third-order valence-electron chi connectivity index (χ3n) is 7.99. The molecule has 0 saturated carbocycles. The van der Waals surface area contributed by atoms with Crippen LogP contribution in [0.2, 0.25) is 0 Å². The Kier molecular flexibility index (Phi) is 5.33. The SMILES string of the molecule is CCCOn1c2nc3nc(nc4[nH]c(nc5nc(nc1c1ccccc12)-c1ccccc1-5)c1ccccc41)-c1ccccc1-3. The number of aromatic nitrogens is 8. The van der Waals surface area contributed by atoms with Gasteiger partial charge in [-0.25, -0.2) is 29.9 Å². The first-order chi connectivity index (χ1) is 21.8. The van der Waals surface area contributed by atoms with E-state index in [2.05, 4.69) is 11.9 Å². The van der Waals surface area contributed by atoms with Gasteiger partial charge in [0.25, 0.3) is 0 Å². The average molecular weight is 573 g/mol. The molecule has 0 radical (unpaired) electrons. The molecular formula is C35H24N8O. The summed E-state index contributed by atoms with van der Waals surface area (Å²) < 4.78 is 1.73. The van der Waals surface area contributed by atoms with Crippen molar-refractivity contribution < 1.29 is 4.84 Å². The lowest BCUT2D eigenvalue weighted by atomic mass is 10.1. The van der Waals surface area contributed by atoms with E-state index in [1.165, 1.54) is 0 Å². The summed E-state index contributed by atoms with van der Waals surface area (Å²) in [5.41, 5.74) is 6.18. The zero-order valence-corrected chi connectivity index (χ0v) is 23.7. The summed E-state index contributed by atoms with van der Waals surface area (Å²) in [7, 11) is 0. The Morgan fingerprint density at radius 1 is 0.500 bits per heavy atom. The number of hydrogen-bond acceptors (Lipinski definition) is 7. The van der Waals surface area contributed by atoms with Gasteiger partial charge in [-0.15, -0.1) is 4.73 Å². The minimum absolute atomic E-state index is 0.484. The molecule has 4 aromatic carbocycles. The Morgan fingerprint density at radius 3 is 1.32 bits per heavy atom. The van der Waals surface area contributed by atoms with Gasteiger partial charge in [-0.05, 0) is 6.42 Å². The first-order valence-electron chi connectivity index (χ1n) is 14.6. The van der Waals surface area contributed by atoms with E-state index in [9.17, 15) is 0 Å². The van der Waals surface area contributed by atoms with Crippen molar-refractivity contribution >= 4 is 44.1 Å². The van der Waals surface area contributed by atoms with Crippen molar-refractivity contribution in [1.29, 1.82) is 0 Å². The topological polar surface area (TPSA) is 107 Å². The fraction of sp³-hybridized carbons (Fsp3) is 0.0857. The molecule has 9 rings (SSSR count). The van der Waals surface area contributed by atoms with Crippen LogP contribution in [0, 0.1) is 0 Å². The molecule has 8 bridgehead atoms. The van der Waals surface area contributed by atoms with E-state index in [0.29, 0.717) is 52.5 Å². The minimum atomic E-state index is 0.484. The minimum Gasteiger partial charge on any atom is -0.410 e. The number of nitrogens with one attached hydrogen (secondary N) is 1. The standard InChI is InChI=1S/C35H24N8O/c1-2-19-44-43-34-26-17-9-10-18-27(26)35(43)42-33-25-16-8-6-14-23(25)31(40-33)38-29-21-12-4-3-11-20(21)28(36-29)37-30-22-13-5-7-15-24(22)32(39-30)41-34/h3-18H,2,19H2,1H3,(H,36,37,38,39,40,41,42). The van der Waals surface area contributed by atoms with E-state index in [1.54, 1.807) is 4.73 Å². The second-order valence-corrected chi connectivity index (χ2v) is 10.7. The molecule has 0 saturated heterocycles. The van der Waals surface area contributed by atoms with Crippen LogP contribution >= 0.6 is 0 Å². The lowest BCUT2D eigenvalue weighted by Gasteiger charge is -2.06. The molecule has 7 aromatic rings. The molecule has 210 valence electrons. The average Bonchev–Trinajstić information content (AvgIpc) is 3.78. The number of fused-ring (bicyclic) bond motifs is 20. The lowest BCUT2D eigenvalue weighted by Crippen LogP contribution is -2.13. The third kappa shape index (κ3) is 3.65. The maximum absolute atomic E-state index is 6.36. The predicted molar refractivity (Wildman–Crippen MR) is 171 cm³/mol. The maximum Gasteiger partial charge on any atom is 0.180 e. The molecule has 2 aliphatic heterocycles. The largest absolute Gasteiger partial charge is 0.410 e. The van der Waals surface area contributed by atoms with Crippen LogP contribution in [0.15, 0.2) is 97.1 Å². The van der Waals surface area contributed by atoms with Gasteiger partial charge < -0.3 is 9.82 Å². The van der Waals surface area contributed by atoms with E-state index >= 15 is 0 Å². The molecule has 0 atom stereocenters. The van der Waals surface area contributed by atoms with Gasteiger partial charge in [-0.3, -0.25) is 0 Å². The highest BCUT2D eigenvalue weighted by Gasteiger charge is 2.23. The molecule has 9 nitrogen and oxygen atoms in total. The molecule has 0 amide bonds. The first kappa shape index (κ1) is 24.6. The van der Waals surface area contributed by atoms with Crippen LogP contribution in [0.3, 0.4) is 0 Å². The van der Waals surface area contributed by atoms with E-state index < -0.39 is 0 Å². The van der Waals surface area contributed by atoms with Crippen molar-refractivity contribution in [1.82, 2.24) is 39.6 Å². The second kappa shape index (κ2) is 9.53. The molecule has 2 aliphatic rings. The highest BCUT2D eigenvalue weighted by molar-refractivity contribution is 6.06. The highest BCUT2D eigenvalue weighted by atomic mass is 16.7. The van der Waals surface area contributed by atoms with Crippen molar-refractivity contribution in [3.63, 3.8) is 0 Å². The van der Waals surface area contributed by atoms with Gasteiger partial charge in [0.1, 0.15) is 17.9 Å². The van der Waals surface area contributed by atoms with Crippen LogP contribution in [0.25, 0.3) is 89.7 Å². The number of rotatable bonds is 3. The van der Waals surface area contributed by atoms with E-state index in [-0.39, 0.29) is 0 Å². The van der Waals surface area contributed by atoms with E-state index in [1.807, 2.05) is 97.1 Å². The normalized spacial score (nSPS) is 11.9. The molecule has 5 heterocycles. The van der Waals surface area contributed by atoms with Gasteiger partial charge in [0, 0.05) is 43.8 Å². The zero-order valence-electron chi connectivity index (χ0n) is 23.7. The summed E-state index contributed by atoms with van der Waals surface area (Å²) in [6.45, 7) is 2.56. The Balaban J connectivity index is 1.52. The van der Waals surface area contributed by atoms with Gasteiger partial charge in [0.2, 0.25) is 0 Å². The van der Waals surface area contributed by atoms with Crippen LogP contribution in [0.4, 0.5) is 0 Å². The molecule has 0 spiro atoms. The Bertz CT molecular complexity index is 2300. The van der Waals surface area contributed by atoms with E-state index in [0.717, 1.165) is 50.2 Å². The van der Waals surface area contributed by atoms with Crippen molar-refractivity contribution in [3.8, 4) is 45.6 Å². The number of benzene rings is 4. The number of nitrogens with zero attached hydrogens (tertiary/aromatic N) is 7. The zero-order chi connectivity index (χ0) is 29.2. The summed E-state index contributed by atoms with van der Waals surface area (Å²) in [6, 6.07) is 32.2. The van der Waals surface area contributed by atoms with Crippen LogP contribution in [0.5, 0.6) is 0 Å². The van der Waals surface area contributed by atoms with Crippen molar-refractivity contribution in [2.24, 2.45) is 0 Å². The van der Waals surface area contributed by atoms with Gasteiger partial charge in [0.15, 0.2) is 34.6 Å². The lowest BCUT2D eigenvalue weighted by molar-refractivity contribution is 0.127. The third-order valence-corrected chi connectivity index (χ3v) is 7.99. The van der Waals surface area contributed by atoms with Crippen molar-refractivity contribution in [3.05, 3.63) is 97.1 Å². The van der Waals surface area contributed by atoms with Gasteiger partial charge in [-0.2, -0.15) is 0 Å². The monoisotopic (exact) mass is 572 g/mol. The van der Waals surface area contributed by atoms with Crippen LogP contribution in [-0.2, 0) is 0 Å². The van der Waals surface area contributed by atoms with Crippen LogP contribution < -0.4 is 4.84 Å². The quantitative estimate of drug-likeness (QED) is 0.239. The summed E-state index contributed by atoms with van der Waals surface area (Å²) in [5, 5.41) is 3.69. The Morgan fingerprint density at radius 2 is 0.886 bits per heavy atom. The molecule has 1 N–H and O–H groups in total. The van der Waals surface area contributed by atoms with E-state index in [4.69, 9.17) is 34.7 Å². The summed E-state index contributed by atoms with van der Waals surface area (Å²) in [5.74, 6) is 2.27. The number of hydrogen-bond donors (Lipinski definition) is 1. The van der Waals surface area contributed by atoms with Crippen molar-refractivity contribution in [2.75, 3.05) is 6.61 Å². The summed E-state index contributed by atoms with van der Waals surface area (Å²) >= 11 is 0. The van der Waals surface area contributed by atoms with Crippen LogP contribution in [-0.4, -0.2) is 46.2 Å². The molecular weight excluding hydrogens is 548 g/mol. The molecule has 9 heteroatoms. The number of H-pyrrole nitrogens is 1. The van der Waals surface area contributed by atoms with Crippen LogP contribution in [0.1, 0.15) is 13.3 Å². The molecule has 0 unspecified atom stereocenters. The highest BCUT2D eigenvalue weighted by Crippen LogP contribution is 2.37. The van der Waals surface area contributed by atoms with Gasteiger partial charge in [-0.1, -0.05) is 104 Å². The van der Waals surface area contributed by atoms with Gasteiger partial charge >= 0.3 is 0 Å². The fourth-order valence-electron chi connectivity index (χ4n) is 5.97. The summed E-state index contributed by atoms with van der Waals surface area (Å²) in [4.78, 5) is 40.2. The molecule has 0 aliphatic carbocycles. The van der Waals surface area contributed by atoms with Gasteiger partial charge in [0.05, 0.1) is 0 Å². The maximum atomic E-state index is 6.36. The number of aromatic amines is 1. The molecule has 0 fully saturated rings. The Hall–Kier alpha value is -5.96. The first-order valence-corrected chi connectivity index (χ1v) is 14.6. The molecule has 44 heavy (non-hydrogen) atoms. The second-order valence-electron chi connectivity index (χ2n) is 10.7. The van der Waals surface area contributed by atoms with Crippen molar-refractivity contribution in [2.45, 2.75) is 13.3 Å². The smallest absolute Gasteiger partial charge is 0.180 e. The molecule has 3 aromatic heterocycles. The fourth-order valence-corrected chi connectivity index (χ4v) is 5.97. The predicted octanol–water partition coefficient (Wildman–Crippen LogP) is 7.18.